The van der Waals surface area contributed by atoms with E-state index >= 15 is 0 Å². The van der Waals surface area contributed by atoms with Crippen LogP contribution in [0.4, 0.5) is 4.39 Å². The summed E-state index contributed by atoms with van der Waals surface area (Å²) in [5, 5.41) is 0. The highest BCUT2D eigenvalue weighted by atomic mass is 19.1. The van der Waals surface area contributed by atoms with Gasteiger partial charge in [-0.3, -0.25) is 0 Å². The molecule has 0 aliphatic heterocycles. The van der Waals surface area contributed by atoms with E-state index in [0.29, 0.717) is 11.3 Å². The molecule has 0 radical (unpaired) electrons. The number of rotatable bonds is 2. The first-order valence-corrected chi connectivity index (χ1v) is 4.82. The Kier molecular flexibility index (Phi) is 2.42. The molecule has 1 aromatic rings. The van der Waals surface area contributed by atoms with Crippen molar-refractivity contribution in [2.24, 2.45) is 5.73 Å². The molecule has 1 aromatic carbocycles. The minimum Gasteiger partial charge on any atom is -0.494 e. The molecule has 0 heterocycles. The van der Waals surface area contributed by atoms with Crippen molar-refractivity contribution in [1.29, 1.82) is 0 Å². The Hall–Kier alpha value is -1.09. The van der Waals surface area contributed by atoms with Crippen LogP contribution in [-0.2, 0) is 0 Å². The second-order valence-corrected chi connectivity index (χ2v) is 3.71. The maximum atomic E-state index is 13.7. The molecule has 2 unspecified atom stereocenters. The number of ether oxygens (including phenoxy) is 1. The highest BCUT2D eigenvalue weighted by molar-refractivity contribution is 5.35. The number of hydrogen-bond donors (Lipinski definition) is 1. The second-order valence-electron chi connectivity index (χ2n) is 3.71. The number of benzene rings is 1. The van der Waals surface area contributed by atoms with Crippen molar-refractivity contribution in [2.75, 3.05) is 7.11 Å². The average Bonchev–Trinajstić information content (AvgIpc) is 2.19. The summed E-state index contributed by atoms with van der Waals surface area (Å²) in [7, 11) is 1.48. The molecule has 0 saturated heterocycles. The van der Waals surface area contributed by atoms with Crippen LogP contribution < -0.4 is 10.5 Å². The summed E-state index contributed by atoms with van der Waals surface area (Å²) < 4.78 is 18.7. The molecule has 0 amide bonds. The first-order chi connectivity index (χ1) is 6.74. The zero-order valence-corrected chi connectivity index (χ0v) is 8.16. The molecule has 3 heteroatoms. The molecular formula is C11H14FNO. The van der Waals surface area contributed by atoms with Crippen LogP contribution in [0.25, 0.3) is 0 Å². The predicted molar refractivity (Wildman–Crippen MR) is 52.9 cm³/mol. The van der Waals surface area contributed by atoms with Crippen molar-refractivity contribution < 1.29 is 9.13 Å². The Bertz CT molecular complexity index is 340. The summed E-state index contributed by atoms with van der Waals surface area (Å²) in [6, 6.07) is 5.34. The van der Waals surface area contributed by atoms with Crippen LogP contribution in [0.1, 0.15) is 24.3 Å². The summed E-state index contributed by atoms with van der Waals surface area (Å²) in [6.45, 7) is 0. The van der Waals surface area contributed by atoms with Crippen LogP contribution in [0.2, 0.25) is 0 Å². The molecule has 1 aliphatic carbocycles. The lowest BCUT2D eigenvalue weighted by atomic mass is 9.75. The number of methoxy groups -OCH3 is 1. The quantitative estimate of drug-likeness (QED) is 0.783. The Morgan fingerprint density at radius 2 is 2.21 bits per heavy atom. The van der Waals surface area contributed by atoms with E-state index in [9.17, 15) is 4.39 Å². The summed E-state index contributed by atoms with van der Waals surface area (Å²) in [4.78, 5) is 0. The smallest absolute Gasteiger partial charge is 0.168 e. The topological polar surface area (TPSA) is 35.2 Å². The van der Waals surface area contributed by atoms with Gasteiger partial charge in [0.15, 0.2) is 11.6 Å². The average molecular weight is 195 g/mol. The van der Waals surface area contributed by atoms with E-state index in [-0.39, 0.29) is 17.8 Å². The summed E-state index contributed by atoms with van der Waals surface area (Å²) >= 11 is 0. The summed E-state index contributed by atoms with van der Waals surface area (Å²) in [5.74, 6) is 0.224. The number of nitrogens with two attached hydrogens (primary N) is 1. The van der Waals surface area contributed by atoms with Gasteiger partial charge < -0.3 is 10.5 Å². The molecule has 1 fully saturated rings. The fraction of sp³-hybridized carbons (Fsp3) is 0.455. The van der Waals surface area contributed by atoms with Gasteiger partial charge in [0.1, 0.15) is 0 Å². The van der Waals surface area contributed by atoms with Crippen LogP contribution in [0, 0.1) is 5.82 Å². The van der Waals surface area contributed by atoms with E-state index in [2.05, 4.69) is 0 Å². The predicted octanol–water partition coefficient (Wildman–Crippen LogP) is 2.04. The SMILES string of the molecule is COc1cccc(C2CCC2N)c1F. The zero-order valence-electron chi connectivity index (χ0n) is 8.16. The van der Waals surface area contributed by atoms with Gasteiger partial charge in [0.05, 0.1) is 7.11 Å². The van der Waals surface area contributed by atoms with Crippen molar-refractivity contribution in [3.8, 4) is 5.75 Å². The largest absolute Gasteiger partial charge is 0.494 e. The third-order valence-corrected chi connectivity index (χ3v) is 2.94. The number of halogens is 1. The van der Waals surface area contributed by atoms with Gasteiger partial charge in [-0.25, -0.2) is 4.39 Å². The molecular weight excluding hydrogens is 181 g/mol. The van der Waals surface area contributed by atoms with Crippen LogP contribution in [0.5, 0.6) is 5.75 Å². The normalized spacial score (nSPS) is 25.6. The minimum absolute atomic E-state index is 0.108. The van der Waals surface area contributed by atoms with Gasteiger partial charge in [-0.15, -0.1) is 0 Å². The molecule has 1 saturated carbocycles. The fourth-order valence-electron chi connectivity index (χ4n) is 1.88. The molecule has 2 nitrogen and oxygen atoms in total. The van der Waals surface area contributed by atoms with Crippen molar-refractivity contribution in [3.05, 3.63) is 29.6 Å². The van der Waals surface area contributed by atoms with Crippen LogP contribution in [0.15, 0.2) is 18.2 Å². The van der Waals surface area contributed by atoms with Gasteiger partial charge in [0, 0.05) is 12.0 Å². The maximum absolute atomic E-state index is 13.7. The summed E-state index contributed by atoms with van der Waals surface area (Å²) in [5.41, 5.74) is 6.51. The molecule has 14 heavy (non-hydrogen) atoms. The Morgan fingerprint density at radius 3 is 2.71 bits per heavy atom. The molecule has 0 aromatic heterocycles. The van der Waals surface area contributed by atoms with E-state index in [0.717, 1.165) is 12.8 Å². The van der Waals surface area contributed by atoms with E-state index in [1.165, 1.54) is 7.11 Å². The van der Waals surface area contributed by atoms with Crippen molar-refractivity contribution in [1.82, 2.24) is 0 Å². The monoisotopic (exact) mass is 195 g/mol. The van der Waals surface area contributed by atoms with E-state index < -0.39 is 0 Å². The summed E-state index contributed by atoms with van der Waals surface area (Å²) in [6.07, 6.45) is 1.96. The lowest BCUT2D eigenvalue weighted by molar-refractivity contribution is 0.327. The third-order valence-electron chi connectivity index (χ3n) is 2.94. The molecule has 0 spiro atoms. The van der Waals surface area contributed by atoms with Crippen molar-refractivity contribution in [3.63, 3.8) is 0 Å². The highest BCUT2D eigenvalue weighted by Crippen LogP contribution is 2.38. The molecule has 2 N–H and O–H groups in total. The van der Waals surface area contributed by atoms with Crippen molar-refractivity contribution in [2.45, 2.75) is 24.8 Å². The van der Waals surface area contributed by atoms with Crippen LogP contribution in [0.3, 0.4) is 0 Å². The Balaban J connectivity index is 2.33. The first-order valence-electron chi connectivity index (χ1n) is 4.82. The lowest BCUT2D eigenvalue weighted by Gasteiger charge is -2.34. The van der Waals surface area contributed by atoms with Gasteiger partial charge in [-0.05, 0) is 24.5 Å². The van der Waals surface area contributed by atoms with E-state index in [1.807, 2.05) is 6.07 Å². The number of hydrogen-bond acceptors (Lipinski definition) is 2. The van der Waals surface area contributed by atoms with Crippen molar-refractivity contribution >= 4 is 0 Å². The van der Waals surface area contributed by atoms with Gasteiger partial charge >= 0.3 is 0 Å². The Morgan fingerprint density at radius 1 is 1.43 bits per heavy atom. The van der Waals surface area contributed by atoms with E-state index in [1.54, 1.807) is 12.1 Å². The van der Waals surface area contributed by atoms with Crippen LogP contribution in [-0.4, -0.2) is 13.2 Å². The minimum atomic E-state index is -0.254. The zero-order chi connectivity index (χ0) is 10.1. The van der Waals surface area contributed by atoms with Gasteiger partial charge in [-0.1, -0.05) is 12.1 Å². The first kappa shape index (κ1) is 9.46. The second kappa shape index (κ2) is 3.58. The Labute approximate surface area is 82.9 Å². The van der Waals surface area contributed by atoms with Crippen LogP contribution >= 0.6 is 0 Å². The molecule has 1 aliphatic rings. The van der Waals surface area contributed by atoms with Gasteiger partial charge in [-0.2, -0.15) is 0 Å². The molecule has 2 atom stereocenters. The fourth-order valence-corrected chi connectivity index (χ4v) is 1.88. The van der Waals surface area contributed by atoms with E-state index in [4.69, 9.17) is 10.5 Å². The maximum Gasteiger partial charge on any atom is 0.168 e. The molecule has 76 valence electrons. The van der Waals surface area contributed by atoms with Gasteiger partial charge in [0.2, 0.25) is 0 Å². The highest BCUT2D eigenvalue weighted by Gasteiger charge is 2.31. The van der Waals surface area contributed by atoms with Gasteiger partial charge in [0.25, 0.3) is 0 Å². The molecule has 0 bridgehead atoms. The standard InChI is InChI=1S/C11H14FNO/c1-14-10-4-2-3-8(11(10)12)7-5-6-9(7)13/h2-4,7,9H,5-6,13H2,1H3. The molecule has 2 rings (SSSR count). The third kappa shape index (κ3) is 1.38. The lowest BCUT2D eigenvalue weighted by Crippen LogP contribution is -2.37.